The number of carbonyl (C=O) groups is 1. The molecular weight excluding hydrogens is 345 g/mol. The molecule has 1 unspecified atom stereocenters. The molecule has 0 aliphatic heterocycles. The zero-order valence-electron chi connectivity index (χ0n) is 15.0. The van der Waals surface area contributed by atoms with Gasteiger partial charge in [-0.3, -0.25) is 4.79 Å². The lowest BCUT2D eigenvalue weighted by Gasteiger charge is -2.26. The lowest BCUT2D eigenvalue weighted by atomic mass is 9.88. The van der Waals surface area contributed by atoms with E-state index in [1.807, 2.05) is 12.1 Å². The predicted molar refractivity (Wildman–Crippen MR) is 98.2 cm³/mol. The number of amides is 1. The number of hydrogen-bond donors (Lipinski definition) is 1. The van der Waals surface area contributed by atoms with Crippen molar-refractivity contribution in [2.75, 3.05) is 0 Å². The Morgan fingerprint density at radius 1 is 1.30 bits per heavy atom. The van der Waals surface area contributed by atoms with Crippen LogP contribution in [0.4, 0.5) is 4.39 Å². The molecule has 3 aromatic rings. The Morgan fingerprint density at radius 3 is 3.00 bits per heavy atom. The van der Waals surface area contributed by atoms with Crippen LogP contribution in [0.15, 0.2) is 42.5 Å². The molecule has 1 aliphatic carbocycles. The highest BCUT2D eigenvalue weighted by molar-refractivity contribution is 5.76. The largest absolute Gasteiger partial charge is 0.348 e. The molecule has 1 aliphatic rings. The average Bonchev–Trinajstić information content (AvgIpc) is 3.12. The number of carbonyl (C=O) groups excluding carboxylic acids is 1. The molecule has 0 radical (unpaired) electrons. The molecule has 1 aromatic heterocycles. The lowest BCUT2D eigenvalue weighted by Crippen LogP contribution is -2.34. The van der Waals surface area contributed by atoms with E-state index in [0.717, 1.165) is 19.3 Å². The van der Waals surface area contributed by atoms with Crippen LogP contribution in [0.25, 0.3) is 11.4 Å². The molecule has 0 saturated heterocycles. The molecule has 1 N–H and O–H groups in total. The van der Waals surface area contributed by atoms with Gasteiger partial charge in [0.15, 0.2) is 0 Å². The van der Waals surface area contributed by atoms with E-state index in [2.05, 4.69) is 32.9 Å². The number of benzene rings is 2. The molecule has 2 aromatic carbocycles. The summed E-state index contributed by atoms with van der Waals surface area (Å²) in [5.74, 6) is -0.0665. The highest BCUT2D eigenvalue weighted by Gasteiger charge is 2.21. The third-order valence-corrected chi connectivity index (χ3v) is 4.86. The number of aromatic nitrogens is 4. The summed E-state index contributed by atoms with van der Waals surface area (Å²) < 4.78 is 13.4. The highest BCUT2D eigenvalue weighted by Crippen LogP contribution is 2.29. The van der Waals surface area contributed by atoms with Crippen molar-refractivity contribution in [3.63, 3.8) is 0 Å². The summed E-state index contributed by atoms with van der Waals surface area (Å²) in [6.07, 6.45) is 3.03. The van der Waals surface area contributed by atoms with Gasteiger partial charge in [0.25, 0.3) is 0 Å². The van der Waals surface area contributed by atoms with Crippen LogP contribution in [-0.4, -0.2) is 26.1 Å². The predicted octanol–water partition coefficient (Wildman–Crippen LogP) is 2.98. The minimum absolute atomic E-state index is 0.00809. The molecular formula is C20H20FN5O. The minimum Gasteiger partial charge on any atom is -0.348 e. The van der Waals surface area contributed by atoms with E-state index in [9.17, 15) is 9.18 Å². The molecule has 1 heterocycles. The first-order valence-electron chi connectivity index (χ1n) is 9.01. The van der Waals surface area contributed by atoms with Gasteiger partial charge in [0.1, 0.15) is 12.4 Å². The average molecular weight is 365 g/mol. The van der Waals surface area contributed by atoms with Gasteiger partial charge in [-0.2, -0.15) is 4.80 Å². The van der Waals surface area contributed by atoms with Crippen molar-refractivity contribution >= 4 is 5.91 Å². The number of nitrogens with zero attached hydrogens (tertiary/aromatic N) is 4. The summed E-state index contributed by atoms with van der Waals surface area (Å²) in [4.78, 5) is 13.7. The number of nitrogens with one attached hydrogen (secondary N) is 1. The zero-order chi connectivity index (χ0) is 18.8. The molecule has 27 heavy (non-hydrogen) atoms. The first-order chi connectivity index (χ1) is 13.1. The molecule has 0 spiro atoms. The maximum Gasteiger partial charge on any atom is 0.244 e. The second-order valence-corrected chi connectivity index (χ2v) is 6.82. The first kappa shape index (κ1) is 17.3. The van der Waals surface area contributed by atoms with Crippen molar-refractivity contribution in [3.05, 3.63) is 65.0 Å². The third kappa shape index (κ3) is 3.72. The van der Waals surface area contributed by atoms with E-state index < -0.39 is 0 Å². The molecule has 7 heteroatoms. The SMILES string of the molecule is Cc1cc(-c2nnn(CC(=O)NC3CCCc4ccccc43)n2)ccc1F. The monoisotopic (exact) mass is 365 g/mol. The van der Waals surface area contributed by atoms with Gasteiger partial charge >= 0.3 is 0 Å². The summed E-state index contributed by atoms with van der Waals surface area (Å²) in [7, 11) is 0. The molecule has 138 valence electrons. The van der Waals surface area contributed by atoms with E-state index in [4.69, 9.17) is 0 Å². The molecule has 4 rings (SSSR count). The number of rotatable bonds is 4. The highest BCUT2D eigenvalue weighted by atomic mass is 19.1. The van der Waals surface area contributed by atoms with Crippen molar-refractivity contribution in [2.45, 2.75) is 38.8 Å². The normalized spacial score (nSPS) is 16.0. The fourth-order valence-electron chi connectivity index (χ4n) is 3.48. The summed E-state index contributed by atoms with van der Waals surface area (Å²) in [6.45, 7) is 1.67. The number of fused-ring (bicyclic) bond motifs is 1. The van der Waals surface area contributed by atoms with Gasteiger partial charge in [-0.25, -0.2) is 4.39 Å². The summed E-state index contributed by atoms with van der Waals surface area (Å²) in [5.41, 5.74) is 3.66. The van der Waals surface area contributed by atoms with Crippen molar-refractivity contribution in [2.24, 2.45) is 0 Å². The van der Waals surface area contributed by atoms with Crippen LogP contribution >= 0.6 is 0 Å². The van der Waals surface area contributed by atoms with Gasteiger partial charge in [-0.1, -0.05) is 24.3 Å². The first-order valence-corrected chi connectivity index (χ1v) is 9.01. The van der Waals surface area contributed by atoms with E-state index in [1.165, 1.54) is 22.0 Å². The van der Waals surface area contributed by atoms with E-state index in [1.54, 1.807) is 19.1 Å². The Morgan fingerprint density at radius 2 is 2.15 bits per heavy atom. The number of tetrazole rings is 1. The maximum atomic E-state index is 13.4. The molecule has 1 atom stereocenters. The van der Waals surface area contributed by atoms with Gasteiger partial charge in [0.2, 0.25) is 11.7 Å². The topological polar surface area (TPSA) is 72.7 Å². The fraction of sp³-hybridized carbons (Fsp3) is 0.300. The smallest absolute Gasteiger partial charge is 0.244 e. The van der Waals surface area contributed by atoms with Gasteiger partial charge in [-0.15, -0.1) is 10.2 Å². The van der Waals surface area contributed by atoms with Gasteiger partial charge in [-0.05, 0) is 66.3 Å². The van der Waals surface area contributed by atoms with Crippen molar-refractivity contribution in [3.8, 4) is 11.4 Å². The van der Waals surface area contributed by atoms with Crippen molar-refractivity contribution in [1.29, 1.82) is 0 Å². The van der Waals surface area contributed by atoms with Crippen LogP contribution < -0.4 is 5.32 Å². The Labute approximate surface area is 156 Å². The second kappa shape index (κ2) is 7.26. The van der Waals surface area contributed by atoms with Gasteiger partial charge < -0.3 is 5.32 Å². The molecule has 0 bridgehead atoms. The third-order valence-electron chi connectivity index (χ3n) is 4.86. The van der Waals surface area contributed by atoms with Crippen LogP contribution in [0, 0.1) is 12.7 Å². The van der Waals surface area contributed by atoms with Gasteiger partial charge in [0.05, 0.1) is 6.04 Å². The quantitative estimate of drug-likeness (QED) is 0.771. The summed E-state index contributed by atoms with van der Waals surface area (Å²) in [5, 5.41) is 15.2. The van der Waals surface area contributed by atoms with E-state index >= 15 is 0 Å². The molecule has 6 nitrogen and oxygen atoms in total. The zero-order valence-corrected chi connectivity index (χ0v) is 15.0. The van der Waals surface area contributed by atoms with E-state index in [-0.39, 0.29) is 24.3 Å². The number of halogens is 1. The van der Waals surface area contributed by atoms with Gasteiger partial charge in [0, 0.05) is 5.56 Å². The standard InChI is InChI=1S/C20H20FN5O/c1-13-11-15(9-10-17(13)21)20-23-25-26(24-20)12-19(27)22-18-8-4-6-14-5-2-3-7-16(14)18/h2-3,5,7,9-11,18H,4,6,8,12H2,1H3,(H,22,27). The van der Waals surface area contributed by atoms with Crippen molar-refractivity contribution in [1.82, 2.24) is 25.5 Å². The minimum atomic E-state index is -0.279. The van der Waals surface area contributed by atoms with Crippen LogP contribution in [0.1, 0.15) is 35.6 Å². The Bertz CT molecular complexity index is 984. The summed E-state index contributed by atoms with van der Waals surface area (Å²) in [6, 6.07) is 12.9. The van der Waals surface area contributed by atoms with Crippen LogP contribution in [-0.2, 0) is 17.8 Å². The summed E-state index contributed by atoms with van der Waals surface area (Å²) >= 11 is 0. The fourth-order valence-corrected chi connectivity index (χ4v) is 3.48. The molecule has 0 saturated carbocycles. The van der Waals surface area contributed by atoms with E-state index in [0.29, 0.717) is 17.0 Å². The number of hydrogen-bond acceptors (Lipinski definition) is 4. The Balaban J connectivity index is 1.44. The second-order valence-electron chi connectivity index (χ2n) is 6.82. The van der Waals surface area contributed by atoms with Crippen LogP contribution in [0.2, 0.25) is 0 Å². The Hall–Kier alpha value is -3.09. The number of aryl methyl sites for hydroxylation is 2. The molecule has 0 fully saturated rings. The molecule has 1 amide bonds. The lowest BCUT2D eigenvalue weighted by molar-refractivity contribution is -0.122. The van der Waals surface area contributed by atoms with Crippen LogP contribution in [0.5, 0.6) is 0 Å². The Kier molecular flexibility index (Phi) is 4.66. The van der Waals surface area contributed by atoms with Crippen LogP contribution in [0.3, 0.4) is 0 Å². The maximum absolute atomic E-state index is 13.4. The van der Waals surface area contributed by atoms with Crippen molar-refractivity contribution < 1.29 is 9.18 Å².